The minimum Gasteiger partial charge on any atom is -0.142 e. The van der Waals surface area contributed by atoms with Gasteiger partial charge in [0.25, 0.3) is 0 Å². The van der Waals surface area contributed by atoms with E-state index in [4.69, 9.17) is 11.6 Å². The molecule has 0 N–H and O–H groups in total. The van der Waals surface area contributed by atoms with Crippen LogP contribution in [-0.2, 0) is 0 Å². The van der Waals surface area contributed by atoms with Crippen LogP contribution in [0.5, 0.6) is 0 Å². The molecule has 0 aliphatic heterocycles. The van der Waals surface area contributed by atoms with Crippen LogP contribution in [0, 0.1) is 13.8 Å². The van der Waals surface area contributed by atoms with Gasteiger partial charge in [0.05, 0.1) is 0 Å². The van der Waals surface area contributed by atoms with Crippen LogP contribution >= 0.6 is 23.4 Å². The van der Waals surface area contributed by atoms with Crippen molar-refractivity contribution >= 4 is 23.4 Å². The molecule has 0 aliphatic rings. The van der Waals surface area contributed by atoms with Gasteiger partial charge in [0.2, 0.25) is 0 Å². The van der Waals surface area contributed by atoms with E-state index < -0.39 is 0 Å². The molecule has 0 saturated heterocycles. The Morgan fingerprint density at radius 1 is 1.00 bits per heavy atom. The fourth-order valence-corrected chi connectivity index (χ4v) is 2.75. The summed E-state index contributed by atoms with van der Waals surface area (Å²) in [6.45, 7) is 8.39. The second-order valence-electron chi connectivity index (χ2n) is 4.87. The van der Waals surface area contributed by atoms with E-state index in [0.717, 1.165) is 16.2 Å². The van der Waals surface area contributed by atoms with Gasteiger partial charge in [-0.25, -0.2) is 0 Å². The predicted molar refractivity (Wildman–Crippen MR) is 81.2 cm³/mol. The Labute approximate surface area is 123 Å². The largest absolute Gasteiger partial charge is 0.154 e. The lowest BCUT2D eigenvalue weighted by Crippen LogP contribution is -1.95. The highest BCUT2D eigenvalue weighted by Gasteiger charge is 2.09. The Kier molecular flexibility index (Phi) is 4.48. The van der Waals surface area contributed by atoms with Gasteiger partial charge in [0.1, 0.15) is 5.03 Å². The Balaban J connectivity index is 2.24. The molecule has 0 saturated carbocycles. The topological polar surface area (TPSA) is 25.8 Å². The molecule has 100 valence electrons. The molecule has 0 radical (unpaired) electrons. The van der Waals surface area contributed by atoms with Crippen molar-refractivity contribution < 1.29 is 0 Å². The molecule has 0 atom stereocenters. The first kappa shape index (κ1) is 14.4. The maximum absolute atomic E-state index is 5.96. The standard InChI is InChI=1S/C15H17ClN2S/c1-9(2)12-5-7-13(8-6-12)19-15-11(4)10(3)14(16)17-18-15/h5-9H,1-4H3. The molecule has 0 spiro atoms. The number of aromatic nitrogens is 2. The summed E-state index contributed by atoms with van der Waals surface area (Å²) < 4.78 is 0. The third-order valence-electron chi connectivity index (χ3n) is 3.18. The first-order valence-corrected chi connectivity index (χ1v) is 7.45. The van der Waals surface area contributed by atoms with Gasteiger partial charge in [0, 0.05) is 4.90 Å². The molecule has 2 rings (SSSR count). The molecule has 4 heteroatoms. The average Bonchev–Trinajstić information content (AvgIpc) is 2.40. The highest BCUT2D eigenvalue weighted by atomic mass is 35.5. The second-order valence-corrected chi connectivity index (χ2v) is 6.29. The van der Waals surface area contributed by atoms with Gasteiger partial charge >= 0.3 is 0 Å². The Bertz CT molecular complexity index is 579. The average molecular weight is 293 g/mol. The Hall–Kier alpha value is -1.06. The zero-order valence-corrected chi connectivity index (χ0v) is 13.1. The van der Waals surface area contributed by atoms with E-state index in [1.54, 1.807) is 11.8 Å². The number of hydrogen-bond donors (Lipinski definition) is 0. The monoisotopic (exact) mass is 292 g/mol. The summed E-state index contributed by atoms with van der Waals surface area (Å²) in [7, 11) is 0. The van der Waals surface area contributed by atoms with Gasteiger partial charge in [-0.3, -0.25) is 0 Å². The van der Waals surface area contributed by atoms with Crippen LogP contribution in [0.4, 0.5) is 0 Å². The molecule has 0 aliphatic carbocycles. The number of benzene rings is 1. The van der Waals surface area contributed by atoms with Gasteiger partial charge in [-0.15, -0.1) is 10.2 Å². The van der Waals surface area contributed by atoms with Gasteiger partial charge in [-0.1, -0.05) is 49.3 Å². The molecule has 0 unspecified atom stereocenters. The first-order chi connectivity index (χ1) is 8.99. The lowest BCUT2D eigenvalue weighted by molar-refractivity contribution is 0.864. The van der Waals surface area contributed by atoms with Crippen molar-refractivity contribution in [3.05, 3.63) is 46.1 Å². The summed E-state index contributed by atoms with van der Waals surface area (Å²) in [6, 6.07) is 8.59. The fraction of sp³-hybridized carbons (Fsp3) is 0.333. The predicted octanol–water partition coefficient (Wildman–Crippen LogP) is 5.02. The molecule has 19 heavy (non-hydrogen) atoms. The highest BCUT2D eigenvalue weighted by molar-refractivity contribution is 7.99. The van der Waals surface area contributed by atoms with Crippen LogP contribution in [-0.4, -0.2) is 10.2 Å². The molecular formula is C15H17ClN2S. The molecule has 2 nitrogen and oxygen atoms in total. The van der Waals surface area contributed by atoms with Crippen LogP contribution < -0.4 is 0 Å². The lowest BCUT2D eigenvalue weighted by atomic mass is 10.0. The smallest absolute Gasteiger partial charge is 0.142 e. The maximum atomic E-state index is 5.96. The summed E-state index contributed by atoms with van der Waals surface area (Å²) in [4.78, 5) is 1.17. The number of halogens is 1. The minimum atomic E-state index is 0.483. The number of nitrogens with zero attached hydrogens (tertiary/aromatic N) is 2. The van der Waals surface area contributed by atoms with Crippen molar-refractivity contribution in [1.82, 2.24) is 10.2 Å². The highest BCUT2D eigenvalue weighted by Crippen LogP contribution is 2.31. The summed E-state index contributed by atoms with van der Waals surface area (Å²) >= 11 is 7.59. The zero-order chi connectivity index (χ0) is 14.0. The van der Waals surface area contributed by atoms with Crippen LogP contribution in [0.3, 0.4) is 0 Å². The van der Waals surface area contributed by atoms with Gasteiger partial charge < -0.3 is 0 Å². The molecular weight excluding hydrogens is 276 g/mol. The van der Waals surface area contributed by atoms with Crippen LogP contribution in [0.25, 0.3) is 0 Å². The summed E-state index contributed by atoms with van der Waals surface area (Å²) in [5, 5.41) is 9.55. The van der Waals surface area contributed by atoms with Crippen molar-refractivity contribution in [3.8, 4) is 0 Å². The lowest BCUT2D eigenvalue weighted by Gasteiger charge is -2.09. The SMILES string of the molecule is Cc1c(Cl)nnc(Sc2ccc(C(C)C)cc2)c1C. The molecule has 1 aromatic heterocycles. The van der Waals surface area contributed by atoms with Crippen LogP contribution in [0.15, 0.2) is 34.2 Å². The van der Waals surface area contributed by atoms with Crippen molar-refractivity contribution in [3.63, 3.8) is 0 Å². The van der Waals surface area contributed by atoms with Gasteiger partial charge in [-0.2, -0.15) is 0 Å². The van der Waals surface area contributed by atoms with Crippen molar-refractivity contribution in [1.29, 1.82) is 0 Å². The quantitative estimate of drug-likeness (QED) is 0.794. The van der Waals surface area contributed by atoms with E-state index in [9.17, 15) is 0 Å². The molecule has 1 heterocycles. The third kappa shape index (κ3) is 3.28. The molecule has 0 fully saturated rings. The van der Waals surface area contributed by atoms with E-state index in [1.807, 2.05) is 13.8 Å². The summed E-state index contributed by atoms with van der Waals surface area (Å²) in [6.07, 6.45) is 0. The first-order valence-electron chi connectivity index (χ1n) is 6.26. The summed E-state index contributed by atoms with van der Waals surface area (Å²) in [5.41, 5.74) is 3.44. The Morgan fingerprint density at radius 3 is 2.21 bits per heavy atom. The van der Waals surface area contributed by atoms with Gasteiger partial charge in [-0.05, 0) is 48.6 Å². The van der Waals surface area contributed by atoms with E-state index in [1.165, 1.54) is 10.5 Å². The minimum absolute atomic E-state index is 0.483. The molecule has 0 amide bonds. The van der Waals surface area contributed by atoms with E-state index in [0.29, 0.717) is 11.1 Å². The summed E-state index contributed by atoms with van der Waals surface area (Å²) in [5.74, 6) is 0.554. The fourth-order valence-electron chi connectivity index (χ4n) is 1.68. The third-order valence-corrected chi connectivity index (χ3v) is 4.63. The normalized spacial score (nSPS) is 11.1. The van der Waals surface area contributed by atoms with E-state index in [-0.39, 0.29) is 0 Å². The van der Waals surface area contributed by atoms with E-state index >= 15 is 0 Å². The van der Waals surface area contributed by atoms with Gasteiger partial charge in [0.15, 0.2) is 5.15 Å². The van der Waals surface area contributed by atoms with Crippen LogP contribution in [0.1, 0.15) is 36.5 Å². The van der Waals surface area contributed by atoms with Crippen LogP contribution in [0.2, 0.25) is 5.15 Å². The van der Waals surface area contributed by atoms with Crippen molar-refractivity contribution in [2.24, 2.45) is 0 Å². The second kappa shape index (κ2) is 5.93. The van der Waals surface area contributed by atoms with Crippen molar-refractivity contribution in [2.75, 3.05) is 0 Å². The zero-order valence-electron chi connectivity index (χ0n) is 11.6. The van der Waals surface area contributed by atoms with Crippen molar-refractivity contribution in [2.45, 2.75) is 43.5 Å². The number of rotatable bonds is 3. The molecule has 0 bridgehead atoms. The molecule has 2 aromatic rings. The molecule has 1 aromatic carbocycles. The number of hydrogen-bond acceptors (Lipinski definition) is 3. The Morgan fingerprint density at radius 2 is 1.63 bits per heavy atom. The van der Waals surface area contributed by atoms with E-state index in [2.05, 4.69) is 48.3 Å². The maximum Gasteiger partial charge on any atom is 0.154 e.